The predicted octanol–water partition coefficient (Wildman–Crippen LogP) is 3.08. The van der Waals surface area contributed by atoms with Crippen molar-refractivity contribution in [1.82, 2.24) is 0 Å². The van der Waals surface area contributed by atoms with Crippen LogP contribution in [0.15, 0.2) is 29.2 Å². The van der Waals surface area contributed by atoms with Crippen LogP contribution in [0.4, 0.5) is 5.69 Å². The average Bonchev–Trinajstić information content (AvgIpc) is 2.39. The topological polar surface area (TPSA) is 66.4 Å². The number of rotatable bonds is 8. The van der Waals surface area contributed by atoms with Crippen molar-refractivity contribution in [2.75, 3.05) is 11.6 Å². The fourth-order valence-electron chi connectivity index (χ4n) is 2.47. The van der Waals surface area contributed by atoms with E-state index in [1.54, 1.807) is 30.5 Å². The maximum absolute atomic E-state index is 12.1. The van der Waals surface area contributed by atoms with Gasteiger partial charge in [-0.15, -0.1) is 0 Å². The second kappa shape index (κ2) is 8.29. The number of aliphatic hydroxyl groups is 1. The standard InChI is InChI=1S/C16H25NO3S/c1-4-10-16(19,11-5-2)12-15(18)17-13-6-8-14(9-7-13)21(3)20/h6-9,19H,4-5,10-12H2,1-3H3,(H,17,18). The van der Waals surface area contributed by atoms with Gasteiger partial charge in [0.25, 0.3) is 0 Å². The average molecular weight is 311 g/mol. The van der Waals surface area contributed by atoms with E-state index in [0.717, 1.165) is 17.7 Å². The van der Waals surface area contributed by atoms with E-state index in [1.165, 1.54) is 0 Å². The molecule has 0 bridgehead atoms. The minimum atomic E-state index is -1.02. The van der Waals surface area contributed by atoms with Crippen LogP contribution in [0.5, 0.6) is 0 Å². The summed E-state index contributed by atoms with van der Waals surface area (Å²) in [5.41, 5.74) is -0.261. The Morgan fingerprint density at radius 2 is 1.71 bits per heavy atom. The van der Waals surface area contributed by atoms with E-state index in [4.69, 9.17) is 0 Å². The van der Waals surface area contributed by atoms with E-state index < -0.39 is 16.4 Å². The molecule has 5 heteroatoms. The molecular formula is C16H25NO3S. The van der Waals surface area contributed by atoms with E-state index in [-0.39, 0.29) is 12.3 Å². The third-order valence-corrected chi connectivity index (χ3v) is 4.33. The van der Waals surface area contributed by atoms with E-state index in [1.807, 2.05) is 13.8 Å². The Morgan fingerprint density at radius 3 is 2.14 bits per heavy atom. The summed E-state index contributed by atoms with van der Waals surface area (Å²) in [4.78, 5) is 12.8. The first-order valence-corrected chi connectivity index (χ1v) is 8.91. The van der Waals surface area contributed by atoms with Crippen LogP contribution in [0.2, 0.25) is 0 Å². The first kappa shape index (κ1) is 17.9. The normalized spacial score (nSPS) is 13.0. The molecule has 0 spiro atoms. The Bertz CT molecular complexity index is 479. The molecule has 1 aromatic carbocycles. The molecule has 0 radical (unpaired) electrons. The van der Waals surface area contributed by atoms with Gasteiger partial charge < -0.3 is 10.4 Å². The van der Waals surface area contributed by atoms with Crippen molar-refractivity contribution in [1.29, 1.82) is 0 Å². The van der Waals surface area contributed by atoms with Gasteiger partial charge in [-0.2, -0.15) is 0 Å². The number of hydrogen-bond donors (Lipinski definition) is 2. The maximum atomic E-state index is 12.1. The summed E-state index contributed by atoms with van der Waals surface area (Å²) in [5, 5.41) is 13.3. The molecule has 4 nitrogen and oxygen atoms in total. The molecule has 0 aromatic heterocycles. The lowest BCUT2D eigenvalue weighted by molar-refractivity contribution is -0.121. The Morgan fingerprint density at radius 1 is 1.19 bits per heavy atom. The molecular weight excluding hydrogens is 286 g/mol. The molecule has 1 rings (SSSR count). The third-order valence-electron chi connectivity index (χ3n) is 3.39. The molecule has 1 aromatic rings. The van der Waals surface area contributed by atoms with Gasteiger partial charge in [-0.1, -0.05) is 26.7 Å². The molecule has 0 aliphatic heterocycles. The van der Waals surface area contributed by atoms with E-state index in [9.17, 15) is 14.1 Å². The summed E-state index contributed by atoms with van der Waals surface area (Å²) < 4.78 is 11.3. The van der Waals surface area contributed by atoms with Crippen molar-refractivity contribution in [2.45, 2.75) is 56.4 Å². The van der Waals surface area contributed by atoms with Crippen LogP contribution in [-0.2, 0) is 15.6 Å². The summed E-state index contributed by atoms with van der Waals surface area (Å²) in [6.45, 7) is 4.00. The minimum absolute atomic E-state index is 0.107. The molecule has 118 valence electrons. The highest BCUT2D eigenvalue weighted by Crippen LogP contribution is 2.24. The largest absolute Gasteiger partial charge is 0.389 e. The molecule has 2 N–H and O–H groups in total. The second-order valence-electron chi connectivity index (χ2n) is 5.43. The molecule has 1 amide bonds. The predicted molar refractivity (Wildman–Crippen MR) is 86.8 cm³/mol. The quantitative estimate of drug-likeness (QED) is 0.775. The van der Waals surface area contributed by atoms with E-state index in [0.29, 0.717) is 18.5 Å². The molecule has 0 saturated carbocycles. The number of benzene rings is 1. The number of carbonyl (C=O) groups is 1. The van der Waals surface area contributed by atoms with Crippen molar-refractivity contribution in [3.05, 3.63) is 24.3 Å². The molecule has 0 heterocycles. The summed E-state index contributed by atoms with van der Waals surface area (Å²) in [6, 6.07) is 6.92. The van der Waals surface area contributed by atoms with Crippen molar-refractivity contribution < 1.29 is 14.1 Å². The van der Waals surface area contributed by atoms with Gasteiger partial charge >= 0.3 is 0 Å². The third kappa shape index (κ3) is 5.98. The zero-order valence-corrected chi connectivity index (χ0v) is 13.8. The summed E-state index contributed by atoms with van der Waals surface area (Å²) in [6.07, 6.45) is 4.67. The van der Waals surface area contributed by atoms with Crippen LogP contribution in [0, 0.1) is 0 Å². The summed E-state index contributed by atoms with van der Waals surface area (Å²) in [7, 11) is -1.02. The zero-order chi connectivity index (χ0) is 15.9. The molecule has 0 aliphatic carbocycles. The van der Waals surface area contributed by atoms with Crippen molar-refractivity contribution in [3.8, 4) is 0 Å². The second-order valence-corrected chi connectivity index (χ2v) is 6.81. The first-order chi connectivity index (χ1) is 9.90. The zero-order valence-electron chi connectivity index (χ0n) is 13.0. The van der Waals surface area contributed by atoms with Crippen LogP contribution in [0.25, 0.3) is 0 Å². The smallest absolute Gasteiger partial charge is 0.227 e. The SMILES string of the molecule is CCCC(O)(CCC)CC(=O)Nc1ccc(S(C)=O)cc1. The Hall–Kier alpha value is -1.20. The van der Waals surface area contributed by atoms with Crippen molar-refractivity contribution >= 4 is 22.4 Å². The number of anilines is 1. The monoisotopic (exact) mass is 311 g/mol. The number of carbonyl (C=O) groups excluding carboxylic acids is 1. The van der Waals surface area contributed by atoms with Gasteiger partial charge in [0.05, 0.1) is 12.0 Å². The van der Waals surface area contributed by atoms with E-state index in [2.05, 4.69) is 5.32 Å². The van der Waals surface area contributed by atoms with Crippen LogP contribution >= 0.6 is 0 Å². The fourth-order valence-corrected chi connectivity index (χ4v) is 2.99. The minimum Gasteiger partial charge on any atom is -0.389 e. The number of nitrogens with one attached hydrogen (secondary N) is 1. The highest BCUT2D eigenvalue weighted by Gasteiger charge is 2.28. The molecule has 1 unspecified atom stereocenters. The van der Waals surface area contributed by atoms with Crippen molar-refractivity contribution in [2.24, 2.45) is 0 Å². The van der Waals surface area contributed by atoms with Crippen molar-refractivity contribution in [3.63, 3.8) is 0 Å². The number of hydrogen-bond acceptors (Lipinski definition) is 3. The summed E-state index contributed by atoms with van der Waals surface area (Å²) >= 11 is 0. The van der Waals surface area contributed by atoms with Crippen LogP contribution < -0.4 is 5.32 Å². The van der Waals surface area contributed by atoms with Gasteiger partial charge in [0.1, 0.15) is 0 Å². The van der Waals surface area contributed by atoms with Gasteiger partial charge in [-0.25, -0.2) is 0 Å². The van der Waals surface area contributed by atoms with Gasteiger partial charge in [0, 0.05) is 27.6 Å². The Balaban J connectivity index is 2.65. The van der Waals surface area contributed by atoms with Crippen LogP contribution in [-0.4, -0.2) is 27.1 Å². The van der Waals surface area contributed by atoms with Crippen LogP contribution in [0.3, 0.4) is 0 Å². The van der Waals surface area contributed by atoms with Gasteiger partial charge in [0.2, 0.25) is 5.91 Å². The Kier molecular flexibility index (Phi) is 7.05. The maximum Gasteiger partial charge on any atom is 0.227 e. The highest BCUT2D eigenvalue weighted by molar-refractivity contribution is 7.84. The highest BCUT2D eigenvalue weighted by atomic mass is 32.2. The first-order valence-electron chi connectivity index (χ1n) is 7.36. The molecule has 21 heavy (non-hydrogen) atoms. The van der Waals surface area contributed by atoms with E-state index >= 15 is 0 Å². The van der Waals surface area contributed by atoms with Gasteiger partial charge in [0.15, 0.2) is 0 Å². The summed E-state index contributed by atoms with van der Waals surface area (Å²) in [5.74, 6) is -0.190. The number of amides is 1. The molecule has 1 atom stereocenters. The molecule has 0 fully saturated rings. The van der Waals surface area contributed by atoms with Gasteiger partial charge in [-0.3, -0.25) is 9.00 Å². The molecule has 0 saturated heterocycles. The molecule has 0 aliphatic rings. The van der Waals surface area contributed by atoms with Crippen LogP contribution in [0.1, 0.15) is 46.0 Å². The lowest BCUT2D eigenvalue weighted by Crippen LogP contribution is -2.33. The Labute approximate surface area is 129 Å². The lowest BCUT2D eigenvalue weighted by atomic mass is 9.89. The van der Waals surface area contributed by atoms with Gasteiger partial charge in [-0.05, 0) is 37.1 Å². The fraction of sp³-hybridized carbons (Fsp3) is 0.562. The lowest BCUT2D eigenvalue weighted by Gasteiger charge is -2.26.